The summed E-state index contributed by atoms with van der Waals surface area (Å²) in [6.45, 7) is 14.9. The molecule has 0 saturated heterocycles. The summed E-state index contributed by atoms with van der Waals surface area (Å²) in [6, 6.07) is 0.515. The van der Waals surface area contributed by atoms with Gasteiger partial charge in [0.2, 0.25) is 0 Å². The predicted molar refractivity (Wildman–Crippen MR) is 75.5 cm³/mol. The summed E-state index contributed by atoms with van der Waals surface area (Å²) in [5.41, 5.74) is 0.0883. The molecule has 0 radical (unpaired) electrons. The second-order valence-electron chi connectivity index (χ2n) is 6.36. The quantitative estimate of drug-likeness (QED) is 0.709. The highest BCUT2D eigenvalue weighted by molar-refractivity contribution is 4.78. The normalized spacial score (nSPS) is 15.0. The Morgan fingerprint density at radius 3 is 2.00 bits per heavy atom. The number of nitrogens with one attached hydrogen (secondary N) is 1. The van der Waals surface area contributed by atoms with E-state index in [0.717, 1.165) is 13.2 Å². The molecular formula is C14H32N2O. The number of hydrogen-bond donors (Lipinski definition) is 1. The summed E-state index contributed by atoms with van der Waals surface area (Å²) in [7, 11) is 4.19. The molecule has 1 N–H and O–H groups in total. The van der Waals surface area contributed by atoms with Gasteiger partial charge in [-0.3, -0.25) is 0 Å². The molecule has 3 nitrogen and oxygen atoms in total. The largest absolute Gasteiger partial charge is 0.375 e. The average Bonchev–Trinajstić information content (AvgIpc) is 2.16. The van der Waals surface area contributed by atoms with E-state index in [0.29, 0.717) is 12.0 Å². The first-order chi connectivity index (χ1) is 7.66. The van der Waals surface area contributed by atoms with Crippen molar-refractivity contribution in [2.24, 2.45) is 5.92 Å². The van der Waals surface area contributed by atoms with E-state index in [9.17, 15) is 0 Å². The molecule has 3 heteroatoms. The molecule has 0 aliphatic carbocycles. The van der Waals surface area contributed by atoms with Crippen LogP contribution in [0.3, 0.4) is 0 Å². The highest BCUT2D eigenvalue weighted by Crippen LogP contribution is 2.14. The smallest absolute Gasteiger partial charge is 0.0723 e. The third kappa shape index (κ3) is 7.02. The summed E-state index contributed by atoms with van der Waals surface area (Å²) in [4.78, 5) is 2.21. The molecule has 1 unspecified atom stereocenters. The highest BCUT2D eigenvalue weighted by Gasteiger charge is 2.24. The molecule has 0 aromatic rings. The van der Waals surface area contributed by atoms with Crippen molar-refractivity contribution < 1.29 is 4.74 Å². The molecule has 0 rings (SSSR count). The summed E-state index contributed by atoms with van der Waals surface area (Å²) < 4.78 is 6.08. The molecule has 0 bridgehead atoms. The fraction of sp³-hybridized carbons (Fsp3) is 1.00. The zero-order valence-corrected chi connectivity index (χ0v) is 13.0. The lowest BCUT2D eigenvalue weighted by Crippen LogP contribution is -2.45. The van der Waals surface area contributed by atoms with E-state index in [-0.39, 0.29) is 11.6 Å². The Morgan fingerprint density at radius 1 is 1.12 bits per heavy atom. The Balaban J connectivity index is 4.18. The number of rotatable bonds is 8. The Hall–Kier alpha value is -0.120. The van der Waals surface area contributed by atoms with Crippen LogP contribution in [-0.2, 0) is 4.74 Å². The lowest BCUT2D eigenvalue weighted by atomic mass is 10.0. The fourth-order valence-corrected chi connectivity index (χ4v) is 1.28. The second kappa shape index (κ2) is 7.34. The topological polar surface area (TPSA) is 24.5 Å². The van der Waals surface area contributed by atoms with Crippen molar-refractivity contribution in [3.05, 3.63) is 0 Å². The minimum atomic E-state index is 0.0883. The standard InChI is InChI=1S/C14H32N2O/c1-11(2)13(9-15-12(3)4)17-10-14(5,6)16(7)8/h11-13,15H,9-10H2,1-8H3. The van der Waals surface area contributed by atoms with Crippen LogP contribution in [0.4, 0.5) is 0 Å². The predicted octanol–water partition coefficient (Wildman–Crippen LogP) is 2.37. The molecule has 1 atom stereocenters. The summed E-state index contributed by atoms with van der Waals surface area (Å²) in [5.74, 6) is 0.541. The summed E-state index contributed by atoms with van der Waals surface area (Å²) >= 11 is 0. The van der Waals surface area contributed by atoms with Crippen LogP contribution in [0.15, 0.2) is 0 Å². The molecule has 0 spiro atoms. The zero-order chi connectivity index (χ0) is 13.6. The van der Waals surface area contributed by atoms with Crippen molar-refractivity contribution in [3.63, 3.8) is 0 Å². The Bertz CT molecular complexity index is 200. The minimum Gasteiger partial charge on any atom is -0.375 e. The third-order valence-corrected chi connectivity index (χ3v) is 3.33. The number of ether oxygens (including phenoxy) is 1. The van der Waals surface area contributed by atoms with Gasteiger partial charge in [-0.1, -0.05) is 27.7 Å². The third-order valence-electron chi connectivity index (χ3n) is 3.33. The number of hydrogen-bond acceptors (Lipinski definition) is 3. The van der Waals surface area contributed by atoms with Crippen LogP contribution < -0.4 is 5.32 Å². The number of likely N-dealkylation sites (N-methyl/N-ethyl adjacent to an activating group) is 1. The monoisotopic (exact) mass is 244 g/mol. The van der Waals surface area contributed by atoms with Crippen LogP contribution in [0, 0.1) is 5.92 Å². The highest BCUT2D eigenvalue weighted by atomic mass is 16.5. The van der Waals surface area contributed by atoms with Gasteiger partial charge in [0.25, 0.3) is 0 Å². The van der Waals surface area contributed by atoms with Crippen molar-refractivity contribution in [2.75, 3.05) is 27.2 Å². The van der Waals surface area contributed by atoms with Crippen molar-refractivity contribution in [1.29, 1.82) is 0 Å². The van der Waals surface area contributed by atoms with Gasteiger partial charge in [0.05, 0.1) is 12.7 Å². The molecule has 0 heterocycles. The molecule has 0 aromatic carbocycles. The fourth-order valence-electron chi connectivity index (χ4n) is 1.28. The van der Waals surface area contributed by atoms with E-state index in [1.165, 1.54) is 0 Å². The van der Waals surface area contributed by atoms with Gasteiger partial charge in [0.1, 0.15) is 0 Å². The lowest BCUT2D eigenvalue weighted by Gasteiger charge is -2.35. The van der Waals surface area contributed by atoms with Crippen LogP contribution >= 0.6 is 0 Å². The van der Waals surface area contributed by atoms with Crippen molar-refractivity contribution in [2.45, 2.75) is 59.2 Å². The molecule has 0 fully saturated rings. The Labute approximate surface area is 108 Å². The van der Waals surface area contributed by atoms with E-state index >= 15 is 0 Å². The summed E-state index contributed by atoms with van der Waals surface area (Å²) in [6.07, 6.45) is 0.289. The van der Waals surface area contributed by atoms with Gasteiger partial charge < -0.3 is 15.0 Å². The molecule has 104 valence electrons. The van der Waals surface area contributed by atoms with Gasteiger partial charge in [-0.15, -0.1) is 0 Å². The molecule has 17 heavy (non-hydrogen) atoms. The maximum atomic E-state index is 6.08. The average molecular weight is 244 g/mol. The van der Waals surface area contributed by atoms with Crippen LogP contribution in [-0.4, -0.2) is 49.8 Å². The van der Waals surface area contributed by atoms with E-state index < -0.39 is 0 Å². The molecule has 0 saturated carbocycles. The Kier molecular flexibility index (Phi) is 7.29. The molecule has 0 aliphatic rings. The first-order valence-electron chi connectivity index (χ1n) is 6.69. The van der Waals surface area contributed by atoms with Crippen LogP contribution in [0.5, 0.6) is 0 Å². The SMILES string of the molecule is CC(C)NCC(OCC(C)(C)N(C)C)C(C)C. The van der Waals surface area contributed by atoms with E-state index in [4.69, 9.17) is 4.74 Å². The van der Waals surface area contributed by atoms with E-state index in [2.05, 4.69) is 65.9 Å². The number of nitrogens with zero attached hydrogens (tertiary/aromatic N) is 1. The maximum absolute atomic E-state index is 6.08. The zero-order valence-electron chi connectivity index (χ0n) is 13.0. The van der Waals surface area contributed by atoms with Crippen LogP contribution in [0.2, 0.25) is 0 Å². The van der Waals surface area contributed by atoms with E-state index in [1.807, 2.05) is 0 Å². The van der Waals surface area contributed by atoms with Crippen molar-refractivity contribution in [1.82, 2.24) is 10.2 Å². The van der Waals surface area contributed by atoms with Gasteiger partial charge >= 0.3 is 0 Å². The lowest BCUT2D eigenvalue weighted by molar-refractivity contribution is -0.0306. The van der Waals surface area contributed by atoms with E-state index in [1.54, 1.807) is 0 Å². The molecule has 0 aromatic heterocycles. The van der Waals surface area contributed by atoms with Crippen molar-refractivity contribution >= 4 is 0 Å². The van der Waals surface area contributed by atoms with Crippen LogP contribution in [0.25, 0.3) is 0 Å². The summed E-state index contributed by atoms with van der Waals surface area (Å²) in [5, 5.41) is 3.45. The van der Waals surface area contributed by atoms with Gasteiger partial charge in [0, 0.05) is 18.1 Å². The second-order valence-corrected chi connectivity index (χ2v) is 6.36. The molecule has 0 aliphatic heterocycles. The molecule has 0 amide bonds. The van der Waals surface area contributed by atoms with Crippen molar-refractivity contribution in [3.8, 4) is 0 Å². The first kappa shape index (κ1) is 16.9. The van der Waals surface area contributed by atoms with Crippen LogP contribution in [0.1, 0.15) is 41.5 Å². The van der Waals surface area contributed by atoms with Gasteiger partial charge in [0.15, 0.2) is 0 Å². The first-order valence-corrected chi connectivity index (χ1v) is 6.69. The van der Waals surface area contributed by atoms with Gasteiger partial charge in [-0.2, -0.15) is 0 Å². The van der Waals surface area contributed by atoms with Gasteiger partial charge in [-0.05, 0) is 33.9 Å². The Morgan fingerprint density at radius 2 is 1.65 bits per heavy atom. The molecular weight excluding hydrogens is 212 g/mol. The minimum absolute atomic E-state index is 0.0883. The maximum Gasteiger partial charge on any atom is 0.0723 e. The van der Waals surface area contributed by atoms with Gasteiger partial charge in [-0.25, -0.2) is 0 Å².